The Morgan fingerprint density at radius 3 is 2.21 bits per heavy atom. The molecule has 3 aromatic carbocycles. The van der Waals surface area contributed by atoms with Crippen LogP contribution in [-0.2, 0) is 4.79 Å². The van der Waals surface area contributed by atoms with Crippen LogP contribution in [0.25, 0.3) is 6.08 Å². The number of anilines is 1. The molecule has 0 fully saturated rings. The lowest BCUT2D eigenvalue weighted by atomic mass is 10.1. The highest BCUT2D eigenvalue weighted by atomic mass is 19.1. The van der Waals surface area contributed by atoms with Crippen molar-refractivity contribution >= 4 is 29.2 Å². The van der Waals surface area contributed by atoms with Gasteiger partial charge in [0.25, 0.3) is 5.91 Å². The molecule has 0 aliphatic heterocycles. The normalized spacial score (nSPS) is 12.4. The second-order valence-electron chi connectivity index (χ2n) is 7.24. The first-order chi connectivity index (χ1) is 16.0. The van der Waals surface area contributed by atoms with E-state index in [9.17, 15) is 18.8 Å². The summed E-state index contributed by atoms with van der Waals surface area (Å²) in [5.74, 6) is -0.740. The topological polar surface area (TPSA) is 81.7 Å². The number of amides is 1. The fourth-order valence-corrected chi connectivity index (χ4v) is 3.45. The molecule has 33 heavy (non-hydrogen) atoms. The predicted molar refractivity (Wildman–Crippen MR) is 121 cm³/mol. The van der Waals surface area contributed by atoms with Crippen LogP contribution in [0.5, 0.6) is 11.5 Å². The van der Waals surface area contributed by atoms with Crippen molar-refractivity contribution in [2.45, 2.75) is 6.92 Å². The van der Waals surface area contributed by atoms with Gasteiger partial charge in [0, 0.05) is 16.8 Å². The van der Waals surface area contributed by atoms with Crippen molar-refractivity contribution in [2.24, 2.45) is 0 Å². The number of nitrogens with one attached hydrogen (secondary N) is 1. The summed E-state index contributed by atoms with van der Waals surface area (Å²) in [6.45, 7) is 1.86. The van der Waals surface area contributed by atoms with Gasteiger partial charge in [0.15, 0.2) is 29.7 Å². The van der Waals surface area contributed by atoms with E-state index in [1.807, 2.05) is 0 Å². The Hall–Kier alpha value is -4.26. The number of carbonyl (C=O) groups is 3. The van der Waals surface area contributed by atoms with E-state index in [-0.39, 0.29) is 23.7 Å². The number of Topliss-reactive ketones (excluding diaryl/α,β-unsaturated/α-hetero) is 2. The van der Waals surface area contributed by atoms with Crippen molar-refractivity contribution in [3.63, 3.8) is 0 Å². The van der Waals surface area contributed by atoms with Crippen LogP contribution in [0.4, 0.5) is 10.1 Å². The lowest BCUT2D eigenvalue weighted by Crippen LogP contribution is -2.20. The maximum atomic E-state index is 13.0. The van der Waals surface area contributed by atoms with Crippen LogP contribution in [0.1, 0.15) is 33.2 Å². The molecule has 7 heteroatoms. The van der Waals surface area contributed by atoms with E-state index < -0.39 is 11.7 Å². The number of ether oxygens (including phenoxy) is 2. The van der Waals surface area contributed by atoms with Crippen LogP contribution in [0.15, 0.2) is 72.3 Å². The van der Waals surface area contributed by atoms with Crippen LogP contribution < -0.4 is 14.8 Å². The zero-order valence-corrected chi connectivity index (χ0v) is 17.8. The number of rotatable bonds is 7. The standard InChI is InChI=1S/C26H20FNO5/c1-2-32-23-14-16(13-21-25(30)19-5-3-4-6-20(19)26(21)31)7-12-22(23)33-15-24(29)28-18-10-8-17(27)9-11-18/h3-14H,2,15H2,1H3,(H,28,29). The fourth-order valence-electron chi connectivity index (χ4n) is 3.45. The highest BCUT2D eigenvalue weighted by Gasteiger charge is 2.32. The number of ketones is 2. The molecule has 0 aromatic heterocycles. The molecule has 3 aromatic rings. The number of halogens is 1. The van der Waals surface area contributed by atoms with Gasteiger partial charge in [-0.15, -0.1) is 0 Å². The van der Waals surface area contributed by atoms with Gasteiger partial charge in [-0.25, -0.2) is 4.39 Å². The molecule has 0 unspecified atom stereocenters. The third kappa shape index (κ3) is 4.82. The summed E-state index contributed by atoms with van der Waals surface area (Å²) in [5, 5.41) is 2.61. The smallest absolute Gasteiger partial charge is 0.262 e. The van der Waals surface area contributed by atoms with Crippen LogP contribution in [-0.4, -0.2) is 30.7 Å². The molecule has 166 valence electrons. The minimum absolute atomic E-state index is 0.0889. The molecule has 0 heterocycles. The molecule has 1 amide bonds. The highest BCUT2D eigenvalue weighted by molar-refractivity contribution is 6.41. The minimum Gasteiger partial charge on any atom is -0.490 e. The summed E-state index contributed by atoms with van der Waals surface area (Å²) in [4.78, 5) is 37.4. The van der Waals surface area contributed by atoms with Crippen LogP contribution in [0.3, 0.4) is 0 Å². The Morgan fingerprint density at radius 1 is 0.909 bits per heavy atom. The molecule has 6 nitrogen and oxygen atoms in total. The zero-order valence-electron chi connectivity index (χ0n) is 17.8. The van der Waals surface area contributed by atoms with Crippen molar-refractivity contribution in [3.05, 3.63) is 94.8 Å². The van der Waals surface area contributed by atoms with Gasteiger partial charge in [-0.05, 0) is 55.0 Å². The van der Waals surface area contributed by atoms with Crippen molar-refractivity contribution < 1.29 is 28.2 Å². The minimum atomic E-state index is -0.421. The number of benzene rings is 3. The zero-order chi connectivity index (χ0) is 23.4. The van der Waals surface area contributed by atoms with Crippen molar-refractivity contribution in [1.29, 1.82) is 0 Å². The molecule has 0 saturated heterocycles. The van der Waals surface area contributed by atoms with Gasteiger partial charge in [-0.2, -0.15) is 0 Å². The largest absolute Gasteiger partial charge is 0.490 e. The fraction of sp³-hybridized carbons (Fsp3) is 0.115. The number of allylic oxidation sites excluding steroid dienone is 1. The lowest BCUT2D eigenvalue weighted by molar-refractivity contribution is -0.118. The molecule has 1 aliphatic rings. The maximum Gasteiger partial charge on any atom is 0.262 e. The monoisotopic (exact) mass is 445 g/mol. The van der Waals surface area contributed by atoms with Crippen LogP contribution in [0.2, 0.25) is 0 Å². The average molecular weight is 445 g/mol. The first kappa shape index (κ1) is 22.0. The number of hydrogen-bond acceptors (Lipinski definition) is 5. The Morgan fingerprint density at radius 2 is 1.58 bits per heavy atom. The van der Waals surface area contributed by atoms with Crippen molar-refractivity contribution in [1.82, 2.24) is 0 Å². The summed E-state index contributed by atoms with van der Waals surface area (Å²) in [6.07, 6.45) is 1.53. The van der Waals surface area contributed by atoms with E-state index in [1.54, 1.807) is 49.4 Å². The molecule has 0 bridgehead atoms. The van der Waals surface area contributed by atoms with Crippen LogP contribution in [0, 0.1) is 5.82 Å². The Labute approximate surface area is 189 Å². The van der Waals surface area contributed by atoms with E-state index >= 15 is 0 Å². The Balaban J connectivity index is 1.49. The molecule has 0 saturated carbocycles. The summed E-state index contributed by atoms with van der Waals surface area (Å²) in [6, 6.07) is 17.0. The van der Waals surface area contributed by atoms with Gasteiger partial charge >= 0.3 is 0 Å². The maximum absolute atomic E-state index is 13.0. The van der Waals surface area contributed by atoms with E-state index in [4.69, 9.17) is 9.47 Å². The molecular formula is C26H20FNO5. The van der Waals surface area contributed by atoms with E-state index in [1.165, 1.54) is 30.3 Å². The first-order valence-corrected chi connectivity index (χ1v) is 10.3. The summed E-state index contributed by atoms with van der Waals surface area (Å²) in [5.41, 5.74) is 1.91. The molecule has 0 spiro atoms. The van der Waals surface area contributed by atoms with Gasteiger partial charge < -0.3 is 14.8 Å². The second kappa shape index (κ2) is 9.48. The average Bonchev–Trinajstić information content (AvgIpc) is 3.05. The number of hydrogen-bond donors (Lipinski definition) is 1. The summed E-state index contributed by atoms with van der Waals surface area (Å²) >= 11 is 0. The number of carbonyl (C=O) groups excluding carboxylic acids is 3. The lowest BCUT2D eigenvalue weighted by Gasteiger charge is -2.13. The molecule has 1 aliphatic carbocycles. The van der Waals surface area contributed by atoms with Gasteiger partial charge in [-0.3, -0.25) is 14.4 Å². The first-order valence-electron chi connectivity index (χ1n) is 10.3. The molecule has 4 rings (SSSR count). The Bertz CT molecular complexity index is 1230. The third-order valence-corrected chi connectivity index (χ3v) is 4.97. The molecular weight excluding hydrogens is 425 g/mol. The van der Waals surface area contributed by atoms with E-state index in [0.29, 0.717) is 40.5 Å². The molecule has 0 radical (unpaired) electrons. The van der Waals surface area contributed by atoms with Crippen LogP contribution >= 0.6 is 0 Å². The highest BCUT2D eigenvalue weighted by Crippen LogP contribution is 2.32. The van der Waals surface area contributed by atoms with Gasteiger partial charge in [0.2, 0.25) is 0 Å². The van der Waals surface area contributed by atoms with Crippen molar-refractivity contribution in [3.8, 4) is 11.5 Å². The third-order valence-electron chi connectivity index (χ3n) is 4.97. The summed E-state index contributed by atoms with van der Waals surface area (Å²) < 4.78 is 24.2. The van der Waals surface area contributed by atoms with E-state index in [2.05, 4.69) is 5.32 Å². The van der Waals surface area contributed by atoms with E-state index in [0.717, 1.165) is 0 Å². The number of fused-ring (bicyclic) bond motifs is 1. The predicted octanol–water partition coefficient (Wildman–Crippen LogP) is 4.70. The van der Waals surface area contributed by atoms with Gasteiger partial charge in [0.1, 0.15) is 5.82 Å². The Kier molecular flexibility index (Phi) is 6.31. The quantitative estimate of drug-likeness (QED) is 0.421. The molecule has 0 atom stereocenters. The molecule has 1 N–H and O–H groups in total. The second-order valence-corrected chi connectivity index (χ2v) is 7.24. The van der Waals surface area contributed by atoms with Gasteiger partial charge in [-0.1, -0.05) is 30.3 Å². The SMILES string of the molecule is CCOc1cc(C=C2C(=O)c3ccccc3C2=O)ccc1OCC(=O)Nc1ccc(F)cc1. The van der Waals surface area contributed by atoms with Gasteiger partial charge in [0.05, 0.1) is 12.2 Å². The summed E-state index contributed by atoms with van der Waals surface area (Å²) in [7, 11) is 0. The van der Waals surface area contributed by atoms with Crippen molar-refractivity contribution in [2.75, 3.05) is 18.5 Å².